The fraction of sp³-hybridized carbons (Fsp3) is 0.920. The quantitative estimate of drug-likeness (QED) is 0.0655. The van der Waals surface area contributed by atoms with E-state index in [1.807, 2.05) is 6.92 Å². The summed E-state index contributed by atoms with van der Waals surface area (Å²) in [5, 5.41) is 0. The van der Waals surface area contributed by atoms with Crippen LogP contribution in [0.2, 0.25) is 19.1 Å². The minimum atomic E-state index is -0.969. The highest BCUT2D eigenvalue weighted by Gasteiger charge is 2.14. The molecule has 0 spiro atoms. The number of ether oxygens (including phenoxy) is 1. The van der Waals surface area contributed by atoms with Crippen molar-refractivity contribution in [1.29, 1.82) is 0 Å². The van der Waals surface area contributed by atoms with Crippen LogP contribution in [-0.4, -0.2) is 19.9 Å². The summed E-state index contributed by atoms with van der Waals surface area (Å²) in [6, 6.07) is 1.44. The average Bonchev–Trinajstić information content (AvgIpc) is 2.61. The van der Waals surface area contributed by atoms with E-state index in [2.05, 4.69) is 35.0 Å². The molecule has 168 valence electrons. The lowest BCUT2D eigenvalue weighted by Crippen LogP contribution is -2.13. The van der Waals surface area contributed by atoms with Crippen molar-refractivity contribution in [2.24, 2.45) is 0 Å². The van der Waals surface area contributed by atoms with Crippen molar-refractivity contribution in [1.82, 2.24) is 0 Å². The van der Waals surface area contributed by atoms with Gasteiger partial charge < -0.3 is 4.74 Å². The summed E-state index contributed by atoms with van der Waals surface area (Å²) in [6.45, 7) is 11.4. The zero-order chi connectivity index (χ0) is 20.9. The van der Waals surface area contributed by atoms with Crippen molar-refractivity contribution >= 4 is 22.0 Å². The van der Waals surface area contributed by atoms with Crippen molar-refractivity contribution in [2.75, 3.05) is 13.2 Å². The highest BCUT2D eigenvalue weighted by molar-refractivity contribution is 9.26. The highest BCUT2D eigenvalue weighted by Crippen LogP contribution is 2.21. The summed E-state index contributed by atoms with van der Waals surface area (Å²) in [5.41, 5.74) is 1.13. The molecule has 0 unspecified atom stereocenters. The van der Waals surface area contributed by atoms with Crippen LogP contribution in [0.1, 0.15) is 116 Å². The topological polar surface area (TPSA) is 9.23 Å². The Kier molecular flexibility index (Phi) is 21.0. The number of halogens is 1. The van der Waals surface area contributed by atoms with Crippen LogP contribution < -0.4 is 0 Å². The van der Waals surface area contributed by atoms with E-state index in [-0.39, 0.29) is 0 Å². The molecule has 0 saturated carbocycles. The molecule has 28 heavy (non-hydrogen) atoms. The maximum Gasteiger partial charge on any atom is 0.124 e. The van der Waals surface area contributed by atoms with E-state index in [1.165, 1.54) is 115 Å². The van der Waals surface area contributed by atoms with E-state index in [0.717, 1.165) is 18.8 Å². The number of rotatable bonds is 22. The first-order chi connectivity index (χ1) is 13.4. The lowest BCUT2D eigenvalue weighted by atomic mass is 10.0. The van der Waals surface area contributed by atoms with E-state index >= 15 is 0 Å². The van der Waals surface area contributed by atoms with Crippen molar-refractivity contribution in [3.05, 3.63) is 12.2 Å². The third-order valence-electron chi connectivity index (χ3n) is 5.41. The Morgan fingerprint density at radius 3 is 1.29 bits per heavy atom. The number of unbranched alkanes of at least 4 members (excludes halogenated alkanes) is 16. The van der Waals surface area contributed by atoms with Gasteiger partial charge in [-0.05, 0) is 19.4 Å². The molecule has 0 heterocycles. The third kappa shape index (κ3) is 26.4. The summed E-state index contributed by atoms with van der Waals surface area (Å²) in [6.07, 6.45) is 24.3. The molecule has 0 aliphatic rings. The Bertz CT molecular complexity index is 338. The van der Waals surface area contributed by atoms with Gasteiger partial charge in [-0.2, -0.15) is 0 Å². The minimum Gasteiger partial charge on any atom is -0.377 e. The van der Waals surface area contributed by atoms with Gasteiger partial charge in [-0.15, -0.1) is 15.3 Å². The van der Waals surface area contributed by atoms with Gasteiger partial charge in [-0.1, -0.05) is 128 Å². The molecular formula is C25H51BrOSi. The van der Waals surface area contributed by atoms with Crippen LogP contribution >= 0.6 is 15.3 Å². The largest absolute Gasteiger partial charge is 0.377 e. The van der Waals surface area contributed by atoms with Gasteiger partial charge in [0, 0.05) is 6.61 Å². The molecule has 1 nitrogen and oxygen atoms in total. The summed E-state index contributed by atoms with van der Waals surface area (Å²) in [5.74, 6) is 0. The Morgan fingerprint density at radius 2 is 0.964 bits per heavy atom. The molecule has 0 amide bonds. The lowest BCUT2D eigenvalue weighted by molar-refractivity contribution is 0.151. The monoisotopic (exact) mass is 474 g/mol. The molecule has 0 aromatic carbocycles. The van der Waals surface area contributed by atoms with Crippen LogP contribution in [0.4, 0.5) is 0 Å². The summed E-state index contributed by atoms with van der Waals surface area (Å²) >= 11 is 3.87. The first-order valence-electron chi connectivity index (χ1n) is 12.3. The van der Waals surface area contributed by atoms with E-state index in [1.54, 1.807) is 0 Å². The second-order valence-corrected chi connectivity index (χ2v) is 19.9. The normalized spacial score (nSPS) is 11.9. The van der Waals surface area contributed by atoms with E-state index in [0.29, 0.717) is 0 Å². The van der Waals surface area contributed by atoms with Crippen LogP contribution in [-0.2, 0) is 4.74 Å². The number of hydrogen-bond donors (Lipinski definition) is 0. The van der Waals surface area contributed by atoms with Gasteiger partial charge in [0.05, 0.1) is 6.61 Å². The van der Waals surface area contributed by atoms with Crippen LogP contribution in [0.25, 0.3) is 0 Å². The van der Waals surface area contributed by atoms with E-state index in [9.17, 15) is 0 Å². The molecule has 0 fully saturated rings. The maximum atomic E-state index is 5.54. The molecule has 3 heteroatoms. The second-order valence-electron chi connectivity index (χ2n) is 9.49. The zero-order valence-corrected chi connectivity index (χ0v) is 22.2. The number of hydrogen-bond acceptors (Lipinski definition) is 1. The van der Waals surface area contributed by atoms with Gasteiger partial charge in [0.25, 0.3) is 0 Å². The molecule has 0 bridgehead atoms. The molecule has 0 rings (SSSR count). The van der Waals surface area contributed by atoms with Crippen LogP contribution in [0.15, 0.2) is 12.2 Å². The second kappa shape index (κ2) is 20.7. The molecule has 0 radical (unpaired) electrons. The van der Waals surface area contributed by atoms with Gasteiger partial charge in [0.2, 0.25) is 0 Å². The summed E-state index contributed by atoms with van der Waals surface area (Å²) in [7, 11) is 0. The van der Waals surface area contributed by atoms with Crippen molar-refractivity contribution in [3.8, 4) is 0 Å². The average molecular weight is 476 g/mol. The minimum absolute atomic E-state index is 0.734. The zero-order valence-electron chi connectivity index (χ0n) is 19.6. The van der Waals surface area contributed by atoms with E-state index in [4.69, 9.17) is 4.74 Å². The molecule has 0 aromatic heterocycles. The molecule has 0 N–H and O–H groups in total. The summed E-state index contributed by atoms with van der Waals surface area (Å²) < 4.78 is 5.54. The maximum absolute atomic E-state index is 5.54. The first-order valence-corrected chi connectivity index (χ1v) is 17.8. The van der Waals surface area contributed by atoms with Gasteiger partial charge in [0.1, 0.15) is 6.69 Å². The Balaban J connectivity index is 3.04. The molecule has 0 atom stereocenters. The first kappa shape index (κ1) is 28.4. The molecule has 0 aliphatic carbocycles. The smallest absolute Gasteiger partial charge is 0.124 e. The highest BCUT2D eigenvalue weighted by atomic mass is 79.9. The van der Waals surface area contributed by atoms with Gasteiger partial charge in [-0.25, -0.2) is 0 Å². The fourth-order valence-electron chi connectivity index (χ4n) is 3.65. The Labute approximate surface area is 187 Å². The van der Waals surface area contributed by atoms with Gasteiger partial charge >= 0.3 is 0 Å². The van der Waals surface area contributed by atoms with Gasteiger partial charge in [-0.3, -0.25) is 0 Å². The van der Waals surface area contributed by atoms with Crippen LogP contribution in [0.3, 0.4) is 0 Å². The molecule has 0 saturated heterocycles. The third-order valence-corrected chi connectivity index (χ3v) is 8.14. The standard InChI is InChI=1S/C25H51BrOSi/c1-25(2)24-27-22-20-18-16-14-12-10-8-6-5-7-9-11-13-15-17-19-21-23-28(3,4)26/h1,5-24H2,2-4H3. The van der Waals surface area contributed by atoms with Crippen LogP contribution in [0.5, 0.6) is 0 Å². The Morgan fingerprint density at radius 1 is 0.643 bits per heavy atom. The van der Waals surface area contributed by atoms with Gasteiger partial charge in [0.15, 0.2) is 0 Å². The van der Waals surface area contributed by atoms with Crippen molar-refractivity contribution in [2.45, 2.75) is 135 Å². The predicted molar refractivity (Wildman–Crippen MR) is 135 cm³/mol. The fourth-order valence-corrected chi connectivity index (χ4v) is 5.58. The molecule has 0 aliphatic heterocycles. The predicted octanol–water partition coefficient (Wildman–Crippen LogP) is 9.81. The van der Waals surface area contributed by atoms with Crippen molar-refractivity contribution in [3.63, 3.8) is 0 Å². The summed E-state index contributed by atoms with van der Waals surface area (Å²) in [4.78, 5) is 0. The molecular weight excluding hydrogens is 424 g/mol. The van der Waals surface area contributed by atoms with Crippen molar-refractivity contribution < 1.29 is 4.74 Å². The Hall–Kier alpha value is 0.397. The SMILES string of the molecule is C=C(C)COCCCCCCCCCCCCCCCCCCC[Si](C)(C)Br. The molecule has 0 aromatic rings. The van der Waals surface area contributed by atoms with Crippen LogP contribution in [0, 0.1) is 0 Å². The van der Waals surface area contributed by atoms with E-state index < -0.39 is 6.69 Å². The lowest BCUT2D eigenvalue weighted by Gasteiger charge is -2.12.